The van der Waals surface area contributed by atoms with Gasteiger partial charge in [-0.1, -0.05) is 36.4 Å². The van der Waals surface area contributed by atoms with Gasteiger partial charge in [-0.2, -0.15) is 0 Å². The van der Waals surface area contributed by atoms with Crippen LogP contribution in [0.5, 0.6) is 0 Å². The topological polar surface area (TPSA) is 64.7 Å². The number of nitrogens with zero attached hydrogens (tertiary/aromatic N) is 2. The molecule has 2 aromatic rings. The number of hydrogen-bond donors (Lipinski definition) is 2. The van der Waals surface area contributed by atoms with Gasteiger partial charge in [-0.05, 0) is 43.5 Å². The standard InChI is InChI=1S/C23H30N4O2/c1-26(21-13-6-3-7-14-21)16-9-15-24-22(28)19-10-8-17-27(18-19)23(29)25-20-11-4-2-5-12-20/h2-7,11-14,19H,8-10,15-18H2,1H3,(H,24,28)(H,25,29). The van der Waals surface area contributed by atoms with Gasteiger partial charge in [0.15, 0.2) is 0 Å². The molecule has 6 heteroatoms. The van der Waals surface area contributed by atoms with E-state index in [1.807, 2.05) is 48.5 Å². The first-order chi connectivity index (χ1) is 14.1. The van der Waals surface area contributed by atoms with E-state index in [-0.39, 0.29) is 17.9 Å². The van der Waals surface area contributed by atoms with Crippen molar-refractivity contribution in [3.8, 4) is 0 Å². The summed E-state index contributed by atoms with van der Waals surface area (Å²) in [6, 6.07) is 19.5. The highest BCUT2D eigenvalue weighted by molar-refractivity contribution is 5.90. The fourth-order valence-corrected chi connectivity index (χ4v) is 3.58. The molecule has 0 aliphatic carbocycles. The number of rotatable bonds is 7. The quantitative estimate of drug-likeness (QED) is 0.706. The van der Waals surface area contributed by atoms with E-state index in [9.17, 15) is 9.59 Å². The third kappa shape index (κ3) is 6.24. The summed E-state index contributed by atoms with van der Waals surface area (Å²) in [6.07, 6.45) is 2.55. The second-order valence-corrected chi connectivity index (χ2v) is 7.48. The van der Waals surface area contributed by atoms with E-state index in [0.717, 1.165) is 31.5 Å². The van der Waals surface area contributed by atoms with Crippen molar-refractivity contribution < 1.29 is 9.59 Å². The van der Waals surface area contributed by atoms with E-state index in [2.05, 4.69) is 34.7 Å². The number of para-hydroxylation sites is 2. The van der Waals surface area contributed by atoms with Gasteiger partial charge in [0.1, 0.15) is 0 Å². The molecule has 1 aliphatic rings. The summed E-state index contributed by atoms with van der Waals surface area (Å²) in [7, 11) is 2.06. The van der Waals surface area contributed by atoms with Crippen molar-refractivity contribution in [2.75, 3.05) is 43.4 Å². The van der Waals surface area contributed by atoms with Crippen LogP contribution < -0.4 is 15.5 Å². The summed E-state index contributed by atoms with van der Waals surface area (Å²) in [5, 5.41) is 5.95. The van der Waals surface area contributed by atoms with Crippen molar-refractivity contribution in [2.45, 2.75) is 19.3 Å². The van der Waals surface area contributed by atoms with Crippen molar-refractivity contribution in [2.24, 2.45) is 5.92 Å². The molecule has 0 bridgehead atoms. The number of carbonyl (C=O) groups excluding carboxylic acids is 2. The molecule has 1 unspecified atom stereocenters. The predicted molar refractivity (Wildman–Crippen MR) is 117 cm³/mol. The highest BCUT2D eigenvalue weighted by Crippen LogP contribution is 2.18. The van der Waals surface area contributed by atoms with Crippen LogP contribution in [-0.4, -0.2) is 50.1 Å². The molecule has 1 fully saturated rings. The van der Waals surface area contributed by atoms with Gasteiger partial charge in [0.25, 0.3) is 0 Å². The maximum absolute atomic E-state index is 12.6. The molecule has 154 valence electrons. The van der Waals surface area contributed by atoms with Gasteiger partial charge in [0, 0.05) is 44.6 Å². The molecule has 2 N–H and O–H groups in total. The minimum Gasteiger partial charge on any atom is -0.375 e. The van der Waals surface area contributed by atoms with E-state index in [0.29, 0.717) is 19.6 Å². The SMILES string of the molecule is CN(CCCNC(=O)C1CCCN(C(=O)Nc2ccccc2)C1)c1ccccc1. The minimum absolute atomic E-state index is 0.0459. The van der Waals surface area contributed by atoms with E-state index in [1.54, 1.807) is 4.90 Å². The maximum Gasteiger partial charge on any atom is 0.321 e. The summed E-state index contributed by atoms with van der Waals surface area (Å²) < 4.78 is 0. The third-order valence-electron chi connectivity index (χ3n) is 5.27. The number of urea groups is 1. The lowest BCUT2D eigenvalue weighted by molar-refractivity contribution is -0.126. The van der Waals surface area contributed by atoms with Gasteiger partial charge in [-0.3, -0.25) is 4.79 Å². The van der Waals surface area contributed by atoms with Gasteiger partial charge in [-0.25, -0.2) is 4.79 Å². The highest BCUT2D eigenvalue weighted by atomic mass is 16.2. The normalized spacial score (nSPS) is 16.2. The summed E-state index contributed by atoms with van der Waals surface area (Å²) in [6.45, 7) is 2.67. The zero-order valence-corrected chi connectivity index (χ0v) is 17.0. The molecule has 0 radical (unpaired) electrons. The molecule has 29 heavy (non-hydrogen) atoms. The van der Waals surface area contributed by atoms with Gasteiger partial charge in [0.2, 0.25) is 5.91 Å². The van der Waals surface area contributed by atoms with Crippen LogP contribution in [0.15, 0.2) is 60.7 Å². The van der Waals surface area contributed by atoms with Crippen molar-refractivity contribution in [3.05, 3.63) is 60.7 Å². The van der Waals surface area contributed by atoms with Crippen molar-refractivity contribution in [1.82, 2.24) is 10.2 Å². The molecule has 2 aromatic carbocycles. The lowest BCUT2D eigenvalue weighted by Crippen LogP contribution is -2.47. The first kappa shape index (κ1) is 20.7. The smallest absolute Gasteiger partial charge is 0.321 e. The molecular weight excluding hydrogens is 364 g/mol. The van der Waals surface area contributed by atoms with Crippen LogP contribution >= 0.6 is 0 Å². The third-order valence-corrected chi connectivity index (χ3v) is 5.27. The molecule has 0 aromatic heterocycles. The minimum atomic E-state index is -0.142. The molecule has 3 rings (SSSR count). The summed E-state index contributed by atoms with van der Waals surface area (Å²) in [5.74, 6) is -0.0956. The number of carbonyl (C=O) groups is 2. The molecule has 1 aliphatic heterocycles. The first-order valence-electron chi connectivity index (χ1n) is 10.3. The average molecular weight is 395 g/mol. The van der Waals surface area contributed by atoms with E-state index >= 15 is 0 Å². The van der Waals surface area contributed by atoms with Gasteiger partial charge < -0.3 is 20.4 Å². The Morgan fingerprint density at radius 2 is 1.76 bits per heavy atom. The van der Waals surface area contributed by atoms with Crippen LogP contribution in [0.3, 0.4) is 0 Å². The monoisotopic (exact) mass is 394 g/mol. The Morgan fingerprint density at radius 3 is 2.48 bits per heavy atom. The molecular formula is C23H30N4O2. The number of nitrogens with one attached hydrogen (secondary N) is 2. The number of anilines is 2. The molecule has 6 nitrogen and oxygen atoms in total. The second kappa shape index (κ2) is 10.5. The summed E-state index contributed by atoms with van der Waals surface area (Å²) >= 11 is 0. The van der Waals surface area contributed by atoms with E-state index in [4.69, 9.17) is 0 Å². The van der Waals surface area contributed by atoms with Crippen molar-refractivity contribution in [3.63, 3.8) is 0 Å². The Morgan fingerprint density at radius 1 is 1.07 bits per heavy atom. The lowest BCUT2D eigenvalue weighted by atomic mass is 9.97. The van der Waals surface area contributed by atoms with Gasteiger partial charge >= 0.3 is 6.03 Å². The molecule has 3 amide bonds. The predicted octanol–water partition coefficient (Wildman–Crippen LogP) is 3.57. The van der Waals surface area contributed by atoms with Crippen LogP contribution in [0.2, 0.25) is 0 Å². The Kier molecular flexibility index (Phi) is 7.50. The maximum atomic E-state index is 12.6. The Bertz CT molecular complexity index is 782. The first-order valence-corrected chi connectivity index (χ1v) is 10.3. The van der Waals surface area contributed by atoms with Crippen LogP contribution in [0.1, 0.15) is 19.3 Å². The van der Waals surface area contributed by atoms with Crippen LogP contribution in [0, 0.1) is 5.92 Å². The molecule has 1 saturated heterocycles. The lowest BCUT2D eigenvalue weighted by Gasteiger charge is -2.32. The number of benzene rings is 2. The molecule has 1 atom stereocenters. The van der Waals surface area contributed by atoms with Crippen LogP contribution in [0.4, 0.5) is 16.2 Å². The van der Waals surface area contributed by atoms with Crippen molar-refractivity contribution >= 4 is 23.3 Å². The van der Waals surface area contributed by atoms with Crippen LogP contribution in [0.25, 0.3) is 0 Å². The second-order valence-electron chi connectivity index (χ2n) is 7.48. The molecule has 0 saturated carbocycles. The summed E-state index contributed by atoms with van der Waals surface area (Å²) in [4.78, 5) is 29.0. The zero-order chi connectivity index (χ0) is 20.5. The Balaban J connectivity index is 1.39. The molecule has 1 heterocycles. The fraction of sp³-hybridized carbons (Fsp3) is 0.391. The Labute approximate surface area is 172 Å². The van der Waals surface area contributed by atoms with Crippen molar-refractivity contribution in [1.29, 1.82) is 0 Å². The van der Waals surface area contributed by atoms with Gasteiger partial charge in [0.05, 0.1) is 5.92 Å². The van der Waals surface area contributed by atoms with Gasteiger partial charge in [-0.15, -0.1) is 0 Å². The number of piperidine rings is 1. The average Bonchev–Trinajstić information content (AvgIpc) is 2.77. The fourth-order valence-electron chi connectivity index (χ4n) is 3.58. The number of hydrogen-bond acceptors (Lipinski definition) is 3. The molecule has 0 spiro atoms. The number of amides is 3. The zero-order valence-electron chi connectivity index (χ0n) is 17.0. The Hall–Kier alpha value is -3.02. The highest BCUT2D eigenvalue weighted by Gasteiger charge is 2.28. The number of likely N-dealkylation sites (tertiary alicyclic amines) is 1. The van der Waals surface area contributed by atoms with E-state index < -0.39 is 0 Å². The van der Waals surface area contributed by atoms with E-state index in [1.165, 1.54) is 5.69 Å². The van der Waals surface area contributed by atoms with Crippen LogP contribution in [-0.2, 0) is 4.79 Å². The largest absolute Gasteiger partial charge is 0.375 e. The summed E-state index contributed by atoms with van der Waals surface area (Å²) in [5.41, 5.74) is 1.94.